The van der Waals surface area contributed by atoms with Crippen LogP contribution in [0.15, 0.2) is 16.6 Å². The van der Waals surface area contributed by atoms with Gasteiger partial charge in [-0.2, -0.15) is 0 Å². The number of halogens is 3. The second-order valence-corrected chi connectivity index (χ2v) is 6.17. The lowest BCUT2D eigenvalue weighted by atomic mass is 9.99. The highest BCUT2D eigenvalue weighted by Gasteiger charge is 2.34. The summed E-state index contributed by atoms with van der Waals surface area (Å²) >= 11 is 3.42. The summed E-state index contributed by atoms with van der Waals surface area (Å²) in [7, 11) is 0. The largest absolute Gasteiger partial charge is 0.330 e. The van der Waals surface area contributed by atoms with Crippen LogP contribution in [0.5, 0.6) is 0 Å². The lowest BCUT2D eigenvalue weighted by molar-refractivity contribution is 0.00679. The van der Waals surface area contributed by atoms with E-state index in [1.165, 1.54) is 4.90 Å². The Kier molecular flexibility index (Phi) is 4.78. The first-order chi connectivity index (χ1) is 9.41. The molecule has 5 heteroatoms. The first kappa shape index (κ1) is 15.4. The Morgan fingerprint density at radius 1 is 1.30 bits per heavy atom. The van der Waals surface area contributed by atoms with Gasteiger partial charge in [-0.05, 0) is 56.4 Å². The number of nitrogens with zero attached hydrogens (tertiary/aromatic N) is 1. The minimum atomic E-state index is -2.48. The van der Waals surface area contributed by atoms with Gasteiger partial charge < -0.3 is 4.90 Å². The van der Waals surface area contributed by atoms with Crippen molar-refractivity contribution in [3.8, 4) is 0 Å². The maximum atomic E-state index is 13.1. The van der Waals surface area contributed by atoms with Crippen molar-refractivity contribution in [1.82, 2.24) is 4.90 Å². The second-order valence-electron chi connectivity index (χ2n) is 5.31. The van der Waals surface area contributed by atoms with Crippen LogP contribution in [0.3, 0.4) is 0 Å². The van der Waals surface area contributed by atoms with Crippen LogP contribution in [0.25, 0.3) is 0 Å². The Morgan fingerprint density at radius 2 is 2.00 bits per heavy atom. The minimum Gasteiger partial charge on any atom is -0.330 e. The van der Waals surface area contributed by atoms with E-state index in [0.717, 1.165) is 28.4 Å². The first-order valence-electron chi connectivity index (χ1n) is 6.77. The number of carbonyl (C=O) groups excluding carboxylic acids is 1. The van der Waals surface area contributed by atoms with Crippen LogP contribution in [0.4, 0.5) is 8.78 Å². The highest BCUT2D eigenvalue weighted by molar-refractivity contribution is 9.10. The predicted molar refractivity (Wildman–Crippen MR) is 78.3 cm³/mol. The molecule has 2 rings (SSSR count). The molecule has 1 atom stereocenters. The number of amides is 1. The number of likely N-dealkylation sites (tertiary alicyclic amines) is 1. The number of hydrogen-bond acceptors (Lipinski definition) is 1. The van der Waals surface area contributed by atoms with Gasteiger partial charge >= 0.3 is 0 Å². The van der Waals surface area contributed by atoms with Gasteiger partial charge in [-0.3, -0.25) is 4.79 Å². The van der Waals surface area contributed by atoms with Gasteiger partial charge in [0.15, 0.2) is 0 Å². The lowest BCUT2D eigenvalue weighted by Gasteiger charge is -2.35. The zero-order valence-corrected chi connectivity index (χ0v) is 13.2. The van der Waals surface area contributed by atoms with E-state index in [2.05, 4.69) is 15.9 Å². The fourth-order valence-corrected chi connectivity index (χ4v) is 3.10. The molecule has 0 radical (unpaired) electrons. The summed E-state index contributed by atoms with van der Waals surface area (Å²) in [5.41, 5.74) is 2.27. The number of rotatable bonds is 2. The monoisotopic (exact) mass is 345 g/mol. The van der Waals surface area contributed by atoms with Crippen molar-refractivity contribution in [1.29, 1.82) is 0 Å². The summed E-state index contributed by atoms with van der Waals surface area (Å²) in [6.07, 6.45) is -0.533. The van der Waals surface area contributed by atoms with E-state index in [-0.39, 0.29) is 5.91 Å². The van der Waals surface area contributed by atoms with Crippen LogP contribution in [-0.4, -0.2) is 29.8 Å². The standard InChI is InChI=1S/C15H18BrF2NO/c1-9-8-12(16)10(2)7-11(9)15(20)19-6-4-3-5-13(19)14(17)18/h7-8,13-14H,3-6H2,1-2H3. The summed E-state index contributed by atoms with van der Waals surface area (Å²) < 4.78 is 27.1. The average molecular weight is 346 g/mol. The molecule has 110 valence electrons. The van der Waals surface area contributed by atoms with Gasteiger partial charge in [-0.15, -0.1) is 0 Å². The smallest absolute Gasteiger partial charge is 0.258 e. The zero-order chi connectivity index (χ0) is 14.9. The Hall–Kier alpha value is -0.970. The van der Waals surface area contributed by atoms with E-state index in [1.54, 1.807) is 6.07 Å². The normalized spacial score (nSPS) is 19.5. The molecule has 0 spiro atoms. The number of benzene rings is 1. The van der Waals surface area contributed by atoms with Gasteiger partial charge in [0.1, 0.15) is 0 Å². The summed E-state index contributed by atoms with van der Waals surface area (Å²) in [5.74, 6) is -0.275. The van der Waals surface area contributed by atoms with Crippen LogP contribution in [0, 0.1) is 13.8 Å². The number of hydrogen-bond donors (Lipinski definition) is 0. The first-order valence-corrected chi connectivity index (χ1v) is 7.57. The third-order valence-corrected chi connectivity index (χ3v) is 4.69. The molecule has 1 unspecified atom stereocenters. The fourth-order valence-electron chi connectivity index (χ4n) is 2.64. The predicted octanol–water partition coefficient (Wildman–Crippen LogP) is 4.33. The summed E-state index contributed by atoms with van der Waals surface area (Å²) in [5, 5.41) is 0. The lowest BCUT2D eigenvalue weighted by Crippen LogP contribution is -2.47. The molecule has 1 fully saturated rings. The van der Waals surface area contributed by atoms with Gasteiger partial charge in [0.25, 0.3) is 12.3 Å². The quantitative estimate of drug-likeness (QED) is 0.781. The van der Waals surface area contributed by atoms with Crippen LogP contribution in [0.1, 0.15) is 40.7 Å². The number of aryl methyl sites for hydroxylation is 2. The SMILES string of the molecule is Cc1cc(C(=O)N2CCCCC2C(F)F)c(C)cc1Br. The fraction of sp³-hybridized carbons (Fsp3) is 0.533. The van der Waals surface area contributed by atoms with Crippen molar-refractivity contribution >= 4 is 21.8 Å². The zero-order valence-electron chi connectivity index (χ0n) is 11.6. The Bertz CT molecular complexity index is 519. The molecule has 1 aromatic rings. The van der Waals surface area contributed by atoms with E-state index in [9.17, 15) is 13.6 Å². The Morgan fingerprint density at radius 3 is 2.65 bits per heavy atom. The van der Waals surface area contributed by atoms with E-state index in [0.29, 0.717) is 18.5 Å². The molecule has 0 bridgehead atoms. The summed E-state index contributed by atoms with van der Waals surface area (Å²) in [6, 6.07) is 2.70. The van der Waals surface area contributed by atoms with Gasteiger partial charge in [0.2, 0.25) is 0 Å². The van der Waals surface area contributed by atoms with Crippen LogP contribution >= 0.6 is 15.9 Å². The molecule has 0 aromatic heterocycles. The maximum Gasteiger partial charge on any atom is 0.258 e. The Labute approximate surface area is 126 Å². The molecule has 1 aliphatic rings. The van der Waals surface area contributed by atoms with Crippen molar-refractivity contribution in [2.75, 3.05) is 6.54 Å². The third kappa shape index (κ3) is 3.03. The topological polar surface area (TPSA) is 20.3 Å². The highest BCUT2D eigenvalue weighted by Crippen LogP contribution is 2.27. The Balaban J connectivity index is 2.32. The molecule has 1 saturated heterocycles. The average Bonchev–Trinajstić information content (AvgIpc) is 2.42. The second kappa shape index (κ2) is 6.20. The molecular formula is C15H18BrF2NO. The molecule has 20 heavy (non-hydrogen) atoms. The van der Waals surface area contributed by atoms with Crippen LogP contribution in [0.2, 0.25) is 0 Å². The van der Waals surface area contributed by atoms with E-state index in [1.807, 2.05) is 19.9 Å². The van der Waals surface area contributed by atoms with Gasteiger partial charge in [-0.1, -0.05) is 15.9 Å². The number of piperidine rings is 1. The van der Waals surface area contributed by atoms with Crippen molar-refractivity contribution < 1.29 is 13.6 Å². The van der Waals surface area contributed by atoms with Crippen LogP contribution < -0.4 is 0 Å². The maximum absolute atomic E-state index is 13.1. The van der Waals surface area contributed by atoms with E-state index < -0.39 is 12.5 Å². The van der Waals surface area contributed by atoms with Gasteiger partial charge in [0.05, 0.1) is 6.04 Å². The van der Waals surface area contributed by atoms with Crippen molar-refractivity contribution in [3.05, 3.63) is 33.3 Å². The molecule has 0 N–H and O–H groups in total. The minimum absolute atomic E-state index is 0.275. The van der Waals surface area contributed by atoms with Crippen molar-refractivity contribution in [2.45, 2.75) is 45.6 Å². The number of carbonyl (C=O) groups is 1. The van der Waals surface area contributed by atoms with E-state index >= 15 is 0 Å². The molecule has 0 saturated carbocycles. The molecule has 1 amide bonds. The number of alkyl halides is 2. The summed E-state index contributed by atoms with van der Waals surface area (Å²) in [6.45, 7) is 4.14. The summed E-state index contributed by atoms with van der Waals surface area (Å²) in [4.78, 5) is 13.9. The van der Waals surface area contributed by atoms with Crippen LogP contribution in [-0.2, 0) is 0 Å². The van der Waals surface area contributed by atoms with Crippen molar-refractivity contribution in [3.63, 3.8) is 0 Å². The van der Waals surface area contributed by atoms with Gasteiger partial charge in [-0.25, -0.2) is 8.78 Å². The van der Waals surface area contributed by atoms with Crippen molar-refractivity contribution in [2.24, 2.45) is 0 Å². The highest BCUT2D eigenvalue weighted by atomic mass is 79.9. The van der Waals surface area contributed by atoms with E-state index in [4.69, 9.17) is 0 Å². The molecule has 2 nitrogen and oxygen atoms in total. The molecule has 0 aliphatic carbocycles. The molecule has 1 aromatic carbocycles. The molecular weight excluding hydrogens is 328 g/mol. The van der Waals surface area contributed by atoms with Gasteiger partial charge in [0, 0.05) is 16.6 Å². The third-order valence-electron chi connectivity index (χ3n) is 3.84. The molecule has 1 aliphatic heterocycles. The molecule has 1 heterocycles.